The van der Waals surface area contributed by atoms with E-state index in [1.165, 1.54) is 11.8 Å². The summed E-state index contributed by atoms with van der Waals surface area (Å²) in [6.07, 6.45) is -0.338. The summed E-state index contributed by atoms with van der Waals surface area (Å²) in [7, 11) is -3.16. The number of nitriles is 1. The van der Waals surface area contributed by atoms with Gasteiger partial charge in [0.15, 0.2) is 15.0 Å². The quantitative estimate of drug-likeness (QED) is 0.753. The fourth-order valence-corrected chi connectivity index (χ4v) is 7.05. The first-order valence-electron chi connectivity index (χ1n) is 6.91. The topological polar surface area (TPSA) is 90.6 Å². The van der Waals surface area contributed by atoms with Gasteiger partial charge in [0.25, 0.3) is 5.91 Å². The number of amidine groups is 1. The Hall–Kier alpha value is -1.27. The predicted octanol–water partition coefficient (Wildman–Crippen LogP) is 2.51. The van der Waals surface area contributed by atoms with Crippen molar-refractivity contribution in [2.75, 3.05) is 16.4 Å². The average Bonchev–Trinajstić information content (AvgIpc) is 2.94. The van der Waals surface area contributed by atoms with E-state index in [9.17, 15) is 13.2 Å². The molecule has 0 unspecified atom stereocenters. The number of hydrogen-bond donors (Lipinski definition) is 0. The standard InChI is InChI=1S/C14H11Cl2N3O3S2/c15-8-2-1-3-9(13(8)16)19-10-6-24(21,22)7-11(10)23-14(19)18-12(20)4-5-17/h1-3,10-11H,4,6-7H2/t10-,11+/m0/s1. The highest BCUT2D eigenvalue weighted by molar-refractivity contribution is 8.16. The number of benzene rings is 1. The fraction of sp³-hybridized carbons (Fsp3) is 0.357. The van der Waals surface area contributed by atoms with E-state index in [-0.39, 0.29) is 34.2 Å². The van der Waals surface area contributed by atoms with Gasteiger partial charge in [-0.05, 0) is 12.1 Å². The number of hydrogen-bond acceptors (Lipinski definition) is 5. The molecule has 2 fully saturated rings. The van der Waals surface area contributed by atoms with Crippen molar-refractivity contribution < 1.29 is 13.2 Å². The Morgan fingerprint density at radius 3 is 2.88 bits per heavy atom. The van der Waals surface area contributed by atoms with E-state index in [4.69, 9.17) is 28.5 Å². The van der Waals surface area contributed by atoms with Crippen LogP contribution in [0.15, 0.2) is 23.2 Å². The Morgan fingerprint density at radius 2 is 2.17 bits per heavy atom. The second-order valence-corrected chi connectivity index (χ2v) is 9.51. The van der Waals surface area contributed by atoms with E-state index >= 15 is 0 Å². The van der Waals surface area contributed by atoms with Gasteiger partial charge in [0.2, 0.25) is 0 Å². The molecule has 3 rings (SSSR count). The lowest BCUT2D eigenvalue weighted by molar-refractivity contribution is -0.116. The van der Waals surface area contributed by atoms with E-state index in [1.54, 1.807) is 29.2 Å². The molecule has 6 nitrogen and oxygen atoms in total. The molecule has 0 saturated carbocycles. The molecule has 10 heteroatoms. The van der Waals surface area contributed by atoms with Gasteiger partial charge in [-0.2, -0.15) is 10.3 Å². The first-order valence-corrected chi connectivity index (χ1v) is 10.4. The summed E-state index contributed by atoms with van der Waals surface area (Å²) in [5.41, 5.74) is 0.504. The van der Waals surface area contributed by atoms with Crippen molar-refractivity contribution in [3.05, 3.63) is 28.2 Å². The smallest absolute Gasteiger partial charge is 0.262 e. The Labute approximate surface area is 153 Å². The van der Waals surface area contributed by atoms with Gasteiger partial charge in [-0.15, -0.1) is 0 Å². The van der Waals surface area contributed by atoms with E-state index in [1.807, 2.05) is 0 Å². The van der Waals surface area contributed by atoms with Gasteiger partial charge >= 0.3 is 0 Å². The molecule has 1 amide bonds. The van der Waals surface area contributed by atoms with E-state index in [2.05, 4.69) is 4.99 Å². The highest BCUT2D eigenvalue weighted by Gasteiger charge is 2.49. The second kappa shape index (κ2) is 6.56. The number of carbonyl (C=O) groups excluding carboxylic acids is 1. The maximum absolute atomic E-state index is 12.0. The molecule has 1 aromatic rings. The van der Waals surface area contributed by atoms with Crippen LogP contribution < -0.4 is 4.90 Å². The highest BCUT2D eigenvalue weighted by atomic mass is 35.5. The van der Waals surface area contributed by atoms with Gasteiger partial charge in [-0.1, -0.05) is 41.0 Å². The van der Waals surface area contributed by atoms with Crippen LogP contribution >= 0.6 is 35.0 Å². The van der Waals surface area contributed by atoms with Crippen molar-refractivity contribution in [3.8, 4) is 6.07 Å². The van der Waals surface area contributed by atoms with Crippen LogP contribution in [0.5, 0.6) is 0 Å². The molecule has 0 aliphatic carbocycles. The van der Waals surface area contributed by atoms with Crippen molar-refractivity contribution in [3.63, 3.8) is 0 Å². The fourth-order valence-electron chi connectivity index (χ4n) is 2.74. The Kier molecular flexibility index (Phi) is 4.80. The number of thioether (sulfide) groups is 1. The summed E-state index contributed by atoms with van der Waals surface area (Å²) >= 11 is 13.6. The molecule has 24 heavy (non-hydrogen) atoms. The number of carbonyl (C=O) groups is 1. The van der Waals surface area contributed by atoms with Gasteiger partial charge in [0.05, 0.1) is 39.3 Å². The van der Waals surface area contributed by atoms with Crippen LogP contribution in [0.1, 0.15) is 6.42 Å². The van der Waals surface area contributed by atoms with E-state index in [0.29, 0.717) is 15.9 Å². The van der Waals surface area contributed by atoms with Crippen LogP contribution in [-0.2, 0) is 14.6 Å². The minimum atomic E-state index is -3.16. The number of halogens is 2. The molecule has 126 valence electrons. The third-order valence-electron chi connectivity index (χ3n) is 3.71. The van der Waals surface area contributed by atoms with Crippen LogP contribution in [0.25, 0.3) is 0 Å². The lowest BCUT2D eigenvalue weighted by Crippen LogP contribution is -2.38. The van der Waals surface area contributed by atoms with E-state index < -0.39 is 15.7 Å². The number of fused-ring (bicyclic) bond motifs is 1. The zero-order valence-corrected chi connectivity index (χ0v) is 15.3. The van der Waals surface area contributed by atoms with Crippen LogP contribution in [0.3, 0.4) is 0 Å². The SMILES string of the molecule is N#CCC(=O)N=C1S[C@@H]2CS(=O)(=O)C[C@@H]2N1c1cccc(Cl)c1Cl. The number of anilines is 1. The second-order valence-electron chi connectivity index (χ2n) is 5.37. The van der Waals surface area contributed by atoms with Gasteiger partial charge in [-0.25, -0.2) is 8.42 Å². The minimum Gasteiger partial charge on any atom is -0.314 e. The van der Waals surface area contributed by atoms with E-state index in [0.717, 1.165) is 0 Å². The molecular weight excluding hydrogens is 393 g/mol. The first-order chi connectivity index (χ1) is 11.3. The number of aliphatic imine (C=N–C) groups is 1. The van der Waals surface area contributed by atoms with Gasteiger partial charge in [0, 0.05) is 5.25 Å². The Morgan fingerprint density at radius 1 is 1.42 bits per heavy atom. The average molecular weight is 404 g/mol. The maximum atomic E-state index is 12.0. The van der Waals surface area contributed by atoms with Crippen molar-refractivity contribution >= 4 is 61.6 Å². The highest BCUT2D eigenvalue weighted by Crippen LogP contribution is 2.44. The number of rotatable bonds is 2. The van der Waals surface area contributed by atoms with Crippen LogP contribution in [-0.4, -0.2) is 42.3 Å². The lowest BCUT2D eigenvalue weighted by Gasteiger charge is -2.25. The molecule has 0 spiro atoms. The van der Waals surface area contributed by atoms with Crippen LogP contribution in [0, 0.1) is 11.3 Å². The summed E-state index contributed by atoms with van der Waals surface area (Å²) in [6.45, 7) is 0. The van der Waals surface area contributed by atoms with Crippen molar-refractivity contribution in [2.45, 2.75) is 17.7 Å². The molecule has 2 aliphatic rings. The third-order valence-corrected chi connectivity index (χ3v) is 7.73. The Bertz CT molecular complexity index is 880. The maximum Gasteiger partial charge on any atom is 0.262 e. The molecular formula is C14H11Cl2N3O3S2. The number of amides is 1. The molecule has 2 aliphatic heterocycles. The largest absolute Gasteiger partial charge is 0.314 e. The summed E-state index contributed by atoms with van der Waals surface area (Å²) in [5.74, 6) is -0.604. The molecule has 1 aromatic carbocycles. The van der Waals surface area contributed by atoms with Gasteiger partial charge in [-0.3, -0.25) is 4.79 Å². The Balaban J connectivity index is 2.07. The molecule has 0 radical (unpaired) electrons. The van der Waals surface area contributed by atoms with Gasteiger partial charge < -0.3 is 4.90 Å². The lowest BCUT2D eigenvalue weighted by atomic mass is 10.2. The molecule has 0 aromatic heterocycles. The minimum absolute atomic E-state index is 0.0163. The normalized spacial score (nSPS) is 26.4. The van der Waals surface area contributed by atoms with Crippen molar-refractivity contribution in [1.29, 1.82) is 5.26 Å². The molecule has 2 atom stereocenters. The zero-order chi connectivity index (χ0) is 17.5. The monoisotopic (exact) mass is 403 g/mol. The van der Waals surface area contributed by atoms with Crippen LogP contribution in [0.4, 0.5) is 5.69 Å². The number of sulfone groups is 1. The summed E-state index contributed by atoms with van der Waals surface area (Å²) < 4.78 is 23.9. The molecule has 0 N–H and O–H groups in total. The van der Waals surface area contributed by atoms with Crippen molar-refractivity contribution in [1.82, 2.24) is 0 Å². The summed E-state index contributed by atoms with van der Waals surface area (Å²) in [4.78, 5) is 17.4. The first kappa shape index (κ1) is 17.5. The zero-order valence-electron chi connectivity index (χ0n) is 12.1. The molecule has 2 heterocycles. The number of nitrogens with zero attached hydrogens (tertiary/aromatic N) is 3. The van der Waals surface area contributed by atoms with Crippen LogP contribution in [0.2, 0.25) is 10.0 Å². The molecule has 2 saturated heterocycles. The predicted molar refractivity (Wildman–Crippen MR) is 95.4 cm³/mol. The summed E-state index contributed by atoms with van der Waals surface area (Å²) in [5, 5.41) is 9.33. The summed E-state index contributed by atoms with van der Waals surface area (Å²) in [6, 6.07) is 6.40. The van der Waals surface area contributed by atoms with Crippen molar-refractivity contribution in [2.24, 2.45) is 4.99 Å². The molecule has 0 bridgehead atoms. The third kappa shape index (κ3) is 3.26. The van der Waals surface area contributed by atoms with Gasteiger partial charge in [0.1, 0.15) is 6.42 Å².